The van der Waals surface area contributed by atoms with Crippen LogP contribution in [0.1, 0.15) is 19.3 Å². The summed E-state index contributed by atoms with van der Waals surface area (Å²) in [7, 11) is 0. The molecule has 0 spiro atoms. The first-order valence-corrected chi connectivity index (χ1v) is 4.33. The SMILES string of the molecule is C1CNC2CC[N]CC2C1. The third kappa shape index (κ3) is 1.18. The highest BCUT2D eigenvalue weighted by molar-refractivity contribution is 4.86. The molecule has 2 aliphatic heterocycles. The van der Waals surface area contributed by atoms with Crippen LogP contribution in [-0.2, 0) is 0 Å². The third-order valence-electron chi connectivity index (χ3n) is 2.69. The zero-order valence-electron chi connectivity index (χ0n) is 6.34. The summed E-state index contributed by atoms with van der Waals surface area (Å²) >= 11 is 0. The fourth-order valence-corrected chi connectivity index (χ4v) is 2.06. The number of hydrogen-bond donors (Lipinski definition) is 1. The van der Waals surface area contributed by atoms with Crippen LogP contribution in [0.25, 0.3) is 0 Å². The van der Waals surface area contributed by atoms with E-state index >= 15 is 0 Å². The number of nitrogens with one attached hydrogen (secondary N) is 1. The van der Waals surface area contributed by atoms with E-state index in [1.807, 2.05) is 0 Å². The lowest BCUT2D eigenvalue weighted by Crippen LogP contribution is -2.48. The molecule has 2 nitrogen and oxygen atoms in total. The first kappa shape index (κ1) is 6.62. The van der Waals surface area contributed by atoms with E-state index in [1.54, 1.807) is 0 Å². The zero-order valence-corrected chi connectivity index (χ0v) is 6.34. The van der Waals surface area contributed by atoms with E-state index in [2.05, 4.69) is 10.6 Å². The Morgan fingerprint density at radius 2 is 2.30 bits per heavy atom. The molecule has 57 valence electrons. The van der Waals surface area contributed by atoms with Crippen molar-refractivity contribution in [3.05, 3.63) is 0 Å². The molecule has 0 aromatic rings. The van der Waals surface area contributed by atoms with Gasteiger partial charge in [0.05, 0.1) is 0 Å². The average molecular weight is 139 g/mol. The fraction of sp³-hybridized carbons (Fsp3) is 1.00. The number of fused-ring (bicyclic) bond motifs is 1. The first-order valence-electron chi connectivity index (χ1n) is 4.33. The lowest BCUT2D eigenvalue weighted by molar-refractivity contribution is 0.223. The minimum absolute atomic E-state index is 0.811. The Hall–Kier alpha value is -0.0800. The van der Waals surface area contributed by atoms with Crippen molar-refractivity contribution in [3.8, 4) is 0 Å². The summed E-state index contributed by atoms with van der Waals surface area (Å²) in [6.07, 6.45) is 4.04. The van der Waals surface area contributed by atoms with Gasteiger partial charge in [-0.25, -0.2) is 5.32 Å². The van der Waals surface area contributed by atoms with E-state index in [4.69, 9.17) is 0 Å². The molecule has 0 aromatic heterocycles. The molecule has 2 rings (SSSR count). The van der Waals surface area contributed by atoms with Gasteiger partial charge in [0.1, 0.15) is 0 Å². The van der Waals surface area contributed by atoms with Crippen molar-refractivity contribution in [1.82, 2.24) is 10.6 Å². The van der Waals surface area contributed by atoms with Crippen molar-refractivity contribution in [3.63, 3.8) is 0 Å². The molecular formula is C8H15N2. The van der Waals surface area contributed by atoms with Crippen molar-refractivity contribution in [2.24, 2.45) is 5.92 Å². The Labute approximate surface area is 62.4 Å². The van der Waals surface area contributed by atoms with Crippen molar-refractivity contribution >= 4 is 0 Å². The molecule has 0 aromatic carbocycles. The Balaban J connectivity index is 1.93. The highest BCUT2D eigenvalue weighted by Gasteiger charge is 2.27. The minimum atomic E-state index is 0.811. The van der Waals surface area contributed by atoms with Gasteiger partial charge in [-0.1, -0.05) is 0 Å². The molecule has 2 fully saturated rings. The molecule has 2 heterocycles. The van der Waals surface area contributed by atoms with Crippen LogP contribution < -0.4 is 10.6 Å². The fourth-order valence-electron chi connectivity index (χ4n) is 2.06. The molecule has 10 heavy (non-hydrogen) atoms. The maximum absolute atomic E-state index is 4.42. The predicted molar refractivity (Wildman–Crippen MR) is 41.0 cm³/mol. The summed E-state index contributed by atoms with van der Waals surface area (Å²) in [5, 5.41) is 7.98. The first-order chi connectivity index (χ1) is 4.97. The number of piperidine rings is 2. The maximum atomic E-state index is 4.42. The van der Waals surface area contributed by atoms with Crippen molar-refractivity contribution in [2.45, 2.75) is 25.3 Å². The molecule has 2 heteroatoms. The molecule has 2 atom stereocenters. The average Bonchev–Trinajstić information content (AvgIpc) is 2.05. The Bertz CT molecular complexity index is 87.8. The van der Waals surface area contributed by atoms with Gasteiger partial charge in [-0.2, -0.15) is 0 Å². The van der Waals surface area contributed by atoms with Gasteiger partial charge < -0.3 is 5.32 Å². The van der Waals surface area contributed by atoms with Crippen LogP contribution in [0.15, 0.2) is 0 Å². The smallest absolute Gasteiger partial charge is 0.0176 e. The predicted octanol–water partition coefficient (Wildman–Crippen LogP) is 0.363. The molecule has 0 bridgehead atoms. The topological polar surface area (TPSA) is 26.1 Å². The van der Waals surface area contributed by atoms with Gasteiger partial charge in [0.15, 0.2) is 0 Å². The second kappa shape index (κ2) is 2.89. The van der Waals surface area contributed by atoms with E-state index in [0.29, 0.717) is 0 Å². The Morgan fingerprint density at radius 3 is 3.20 bits per heavy atom. The van der Waals surface area contributed by atoms with Crippen LogP contribution in [0.3, 0.4) is 0 Å². The summed E-state index contributed by atoms with van der Waals surface area (Å²) < 4.78 is 0. The van der Waals surface area contributed by atoms with E-state index < -0.39 is 0 Å². The van der Waals surface area contributed by atoms with E-state index in [1.165, 1.54) is 25.8 Å². The highest BCUT2D eigenvalue weighted by Crippen LogP contribution is 2.20. The highest BCUT2D eigenvalue weighted by atomic mass is 15.0. The van der Waals surface area contributed by atoms with Crippen LogP contribution in [0.5, 0.6) is 0 Å². The standard InChI is InChI=1S/C8H15N2/c1-2-7-6-9-5-3-8(7)10-4-1/h7-8,10H,1-6H2. The minimum Gasteiger partial charge on any atom is -0.314 e. The number of nitrogens with zero attached hydrogens (tertiary/aromatic N) is 1. The van der Waals surface area contributed by atoms with Gasteiger partial charge in [-0.05, 0) is 31.7 Å². The summed E-state index contributed by atoms with van der Waals surface area (Å²) in [5.41, 5.74) is 0. The molecule has 2 aliphatic rings. The second-order valence-corrected chi connectivity index (χ2v) is 3.38. The normalized spacial score (nSPS) is 40.8. The summed E-state index contributed by atoms with van der Waals surface area (Å²) in [6.45, 7) is 3.45. The monoisotopic (exact) mass is 139 g/mol. The van der Waals surface area contributed by atoms with Gasteiger partial charge in [-0.15, -0.1) is 0 Å². The maximum Gasteiger partial charge on any atom is 0.0176 e. The van der Waals surface area contributed by atoms with Crippen molar-refractivity contribution < 1.29 is 0 Å². The molecule has 2 unspecified atom stereocenters. The Kier molecular flexibility index (Phi) is 1.91. The molecule has 0 aliphatic carbocycles. The van der Waals surface area contributed by atoms with Crippen LogP contribution in [0, 0.1) is 5.92 Å². The zero-order chi connectivity index (χ0) is 6.81. The summed E-state index contributed by atoms with van der Waals surface area (Å²) in [6, 6.07) is 0.811. The molecule has 0 saturated carbocycles. The number of hydrogen-bond acceptors (Lipinski definition) is 1. The summed E-state index contributed by atoms with van der Waals surface area (Å²) in [4.78, 5) is 0. The van der Waals surface area contributed by atoms with Gasteiger partial charge in [0.2, 0.25) is 0 Å². The van der Waals surface area contributed by atoms with Gasteiger partial charge in [0.25, 0.3) is 0 Å². The number of rotatable bonds is 0. The van der Waals surface area contributed by atoms with E-state index in [0.717, 1.165) is 25.0 Å². The molecule has 2 saturated heterocycles. The van der Waals surface area contributed by atoms with Crippen molar-refractivity contribution in [2.75, 3.05) is 19.6 Å². The lowest BCUT2D eigenvalue weighted by Gasteiger charge is -2.35. The van der Waals surface area contributed by atoms with Gasteiger partial charge in [-0.3, -0.25) is 0 Å². The lowest BCUT2D eigenvalue weighted by atomic mass is 9.86. The van der Waals surface area contributed by atoms with Crippen molar-refractivity contribution in [1.29, 1.82) is 0 Å². The van der Waals surface area contributed by atoms with Crippen LogP contribution in [0.2, 0.25) is 0 Å². The molecular weight excluding hydrogens is 124 g/mol. The van der Waals surface area contributed by atoms with Crippen LogP contribution in [-0.4, -0.2) is 25.7 Å². The van der Waals surface area contributed by atoms with Crippen LogP contribution in [0.4, 0.5) is 0 Å². The van der Waals surface area contributed by atoms with Gasteiger partial charge >= 0.3 is 0 Å². The molecule has 1 radical (unpaired) electrons. The quantitative estimate of drug-likeness (QED) is 0.515. The third-order valence-corrected chi connectivity index (χ3v) is 2.69. The largest absolute Gasteiger partial charge is 0.314 e. The second-order valence-electron chi connectivity index (χ2n) is 3.38. The molecule has 0 amide bonds. The van der Waals surface area contributed by atoms with E-state index in [-0.39, 0.29) is 0 Å². The van der Waals surface area contributed by atoms with Crippen LogP contribution >= 0.6 is 0 Å². The van der Waals surface area contributed by atoms with Gasteiger partial charge in [0, 0.05) is 19.1 Å². The Morgan fingerprint density at radius 1 is 1.30 bits per heavy atom. The molecule has 1 N–H and O–H groups in total. The summed E-state index contributed by atoms with van der Waals surface area (Å²) in [5.74, 6) is 0.877. The van der Waals surface area contributed by atoms with E-state index in [9.17, 15) is 0 Å².